The molecule has 2 fully saturated rings. The van der Waals surface area contributed by atoms with Gasteiger partial charge in [0.2, 0.25) is 5.91 Å². The summed E-state index contributed by atoms with van der Waals surface area (Å²) in [5.41, 5.74) is 2.27. The van der Waals surface area contributed by atoms with E-state index in [1.807, 2.05) is 18.2 Å². The maximum absolute atomic E-state index is 12.2. The summed E-state index contributed by atoms with van der Waals surface area (Å²) in [5, 5.41) is 9.47. The molecule has 5 nitrogen and oxygen atoms in total. The minimum absolute atomic E-state index is 0.0260. The normalized spacial score (nSPS) is 16.4. The molecule has 2 aliphatic carbocycles. The molecule has 0 radical (unpaired) electrons. The summed E-state index contributed by atoms with van der Waals surface area (Å²) >= 11 is 1.65. The Bertz CT molecular complexity index is 977. The maximum atomic E-state index is 12.2. The first kappa shape index (κ1) is 16.7. The Morgan fingerprint density at radius 2 is 1.93 bits per heavy atom. The summed E-state index contributed by atoms with van der Waals surface area (Å²) < 4.78 is 0. The molecule has 138 valence electrons. The van der Waals surface area contributed by atoms with E-state index < -0.39 is 0 Å². The number of thiophene rings is 1. The Kier molecular flexibility index (Phi) is 4.28. The molecule has 0 spiro atoms. The highest BCUT2D eigenvalue weighted by Gasteiger charge is 2.28. The lowest BCUT2D eigenvalue weighted by molar-refractivity contribution is -0.119. The highest BCUT2D eigenvalue weighted by atomic mass is 32.1. The van der Waals surface area contributed by atoms with E-state index in [2.05, 4.69) is 28.1 Å². The number of amides is 1. The number of anilines is 1. The van der Waals surface area contributed by atoms with Crippen LogP contribution in [0.3, 0.4) is 0 Å². The molecule has 3 aromatic rings. The van der Waals surface area contributed by atoms with Crippen LogP contribution in [0, 0.1) is 5.92 Å². The van der Waals surface area contributed by atoms with Gasteiger partial charge in [-0.05, 0) is 37.2 Å². The highest BCUT2D eigenvalue weighted by molar-refractivity contribution is 7.17. The summed E-state index contributed by atoms with van der Waals surface area (Å²) in [6, 6.07) is 10.3. The first-order valence-corrected chi connectivity index (χ1v) is 10.5. The average Bonchev–Trinajstić information content (AvgIpc) is 3.62. The van der Waals surface area contributed by atoms with E-state index >= 15 is 0 Å². The van der Waals surface area contributed by atoms with Gasteiger partial charge in [-0.1, -0.05) is 30.3 Å². The van der Waals surface area contributed by atoms with Gasteiger partial charge in [0.05, 0.1) is 11.9 Å². The van der Waals surface area contributed by atoms with Crippen LogP contribution in [-0.2, 0) is 4.79 Å². The minimum atomic E-state index is 0.0260. The Balaban J connectivity index is 1.46. The molecule has 6 heteroatoms. The number of hydrogen-bond acceptors (Lipinski definition) is 5. The number of carbonyl (C=O) groups excluding carboxylic acids is 1. The van der Waals surface area contributed by atoms with Gasteiger partial charge in [0.15, 0.2) is 0 Å². The number of benzene rings is 1. The second-order valence-corrected chi connectivity index (χ2v) is 8.36. The van der Waals surface area contributed by atoms with E-state index in [0.29, 0.717) is 11.8 Å². The number of rotatable bonds is 7. The van der Waals surface area contributed by atoms with Crippen molar-refractivity contribution in [1.82, 2.24) is 15.3 Å². The van der Waals surface area contributed by atoms with Crippen LogP contribution in [0.4, 0.5) is 5.82 Å². The molecule has 0 aliphatic heterocycles. The van der Waals surface area contributed by atoms with Gasteiger partial charge in [0.1, 0.15) is 16.5 Å². The lowest BCUT2D eigenvalue weighted by Crippen LogP contribution is -2.31. The average molecular weight is 379 g/mol. The van der Waals surface area contributed by atoms with Gasteiger partial charge < -0.3 is 10.6 Å². The number of carbonyl (C=O) groups is 1. The van der Waals surface area contributed by atoms with E-state index in [9.17, 15) is 4.79 Å². The van der Waals surface area contributed by atoms with Gasteiger partial charge >= 0.3 is 0 Å². The second-order valence-electron chi connectivity index (χ2n) is 7.50. The Morgan fingerprint density at radius 3 is 2.67 bits per heavy atom. The van der Waals surface area contributed by atoms with Crippen molar-refractivity contribution < 1.29 is 4.79 Å². The standard InChI is InChI=1S/C21H22N4OS/c26-17(22-10-13-6-7-13)11-23-20-18-16(14-4-2-1-3-5-14)12-27-21(18)25-19(24-20)15-8-9-15/h1-5,12-13,15H,6-11H2,(H,22,26)(H,23,24,25). The summed E-state index contributed by atoms with van der Waals surface area (Å²) in [7, 11) is 0. The van der Waals surface area contributed by atoms with E-state index in [1.54, 1.807) is 11.3 Å². The molecular formula is C21H22N4OS. The molecule has 2 saturated carbocycles. The van der Waals surface area contributed by atoms with E-state index in [4.69, 9.17) is 9.97 Å². The summed E-state index contributed by atoms with van der Waals surface area (Å²) in [6.45, 7) is 1.04. The number of nitrogens with zero attached hydrogens (tertiary/aromatic N) is 2. The van der Waals surface area contributed by atoms with Crippen LogP contribution < -0.4 is 10.6 Å². The molecular weight excluding hydrogens is 356 g/mol. The quantitative estimate of drug-likeness (QED) is 0.647. The molecule has 1 amide bonds. The number of aromatic nitrogens is 2. The minimum Gasteiger partial charge on any atom is -0.360 e. The third-order valence-electron chi connectivity index (χ3n) is 5.18. The zero-order valence-electron chi connectivity index (χ0n) is 15.1. The van der Waals surface area contributed by atoms with E-state index in [-0.39, 0.29) is 12.5 Å². The predicted molar refractivity (Wildman–Crippen MR) is 109 cm³/mol. The van der Waals surface area contributed by atoms with Crippen LogP contribution in [0.25, 0.3) is 21.3 Å². The molecule has 0 unspecified atom stereocenters. The van der Waals surface area contributed by atoms with E-state index in [0.717, 1.165) is 52.4 Å². The molecule has 2 aliphatic rings. The molecule has 2 aromatic heterocycles. The maximum Gasteiger partial charge on any atom is 0.239 e. The van der Waals surface area contributed by atoms with Gasteiger partial charge in [-0.2, -0.15) is 0 Å². The highest BCUT2D eigenvalue weighted by Crippen LogP contribution is 2.42. The summed E-state index contributed by atoms with van der Waals surface area (Å²) in [6.07, 6.45) is 4.79. The molecule has 0 bridgehead atoms. The van der Waals surface area contributed by atoms with Gasteiger partial charge in [-0.25, -0.2) is 9.97 Å². The fraction of sp³-hybridized carbons (Fsp3) is 0.381. The van der Waals surface area contributed by atoms with Crippen molar-refractivity contribution in [3.63, 3.8) is 0 Å². The van der Waals surface area contributed by atoms with Crippen LogP contribution in [0.15, 0.2) is 35.7 Å². The van der Waals surface area contributed by atoms with Crippen LogP contribution in [0.5, 0.6) is 0 Å². The zero-order chi connectivity index (χ0) is 18.2. The molecule has 0 saturated heterocycles. The van der Waals surface area contributed by atoms with Gasteiger partial charge in [-0.15, -0.1) is 11.3 Å². The summed E-state index contributed by atoms with van der Waals surface area (Å²) in [5.74, 6) is 2.87. The molecule has 5 rings (SSSR count). The van der Waals surface area contributed by atoms with Crippen molar-refractivity contribution in [2.75, 3.05) is 18.4 Å². The van der Waals surface area contributed by atoms with Crippen LogP contribution in [-0.4, -0.2) is 29.0 Å². The van der Waals surface area contributed by atoms with Crippen LogP contribution in [0.2, 0.25) is 0 Å². The van der Waals surface area contributed by atoms with Crippen LogP contribution in [0.1, 0.15) is 37.4 Å². The lowest BCUT2D eigenvalue weighted by Gasteiger charge is -2.11. The predicted octanol–water partition coefficient (Wildman–Crippen LogP) is 4.17. The van der Waals surface area contributed by atoms with Crippen molar-refractivity contribution in [1.29, 1.82) is 0 Å². The number of fused-ring (bicyclic) bond motifs is 1. The third-order valence-corrected chi connectivity index (χ3v) is 6.05. The molecule has 2 heterocycles. The van der Waals surface area contributed by atoms with E-state index in [1.165, 1.54) is 12.8 Å². The van der Waals surface area contributed by atoms with Gasteiger partial charge in [0, 0.05) is 23.4 Å². The zero-order valence-corrected chi connectivity index (χ0v) is 15.9. The third kappa shape index (κ3) is 3.67. The number of hydrogen-bond donors (Lipinski definition) is 2. The largest absolute Gasteiger partial charge is 0.360 e. The first-order chi connectivity index (χ1) is 13.3. The Hall–Kier alpha value is -2.47. The SMILES string of the molecule is O=C(CNc1nc(C2CC2)nc2scc(-c3ccccc3)c12)NCC1CC1. The monoisotopic (exact) mass is 378 g/mol. The van der Waals surface area contributed by atoms with Crippen molar-refractivity contribution in [3.8, 4) is 11.1 Å². The molecule has 1 aromatic carbocycles. The van der Waals surface area contributed by atoms with Gasteiger partial charge in [0.25, 0.3) is 0 Å². The van der Waals surface area contributed by atoms with Gasteiger partial charge in [-0.3, -0.25) is 4.79 Å². The van der Waals surface area contributed by atoms with Crippen molar-refractivity contribution in [2.45, 2.75) is 31.6 Å². The number of nitrogens with one attached hydrogen (secondary N) is 2. The summed E-state index contributed by atoms with van der Waals surface area (Å²) in [4.78, 5) is 22.8. The molecule has 0 atom stereocenters. The first-order valence-electron chi connectivity index (χ1n) is 9.63. The topological polar surface area (TPSA) is 66.9 Å². The fourth-order valence-corrected chi connectivity index (χ4v) is 4.20. The second kappa shape index (κ2) is 6.93. The van der Waals surface area contributed by atoms with Crippen molar-refractivity contribution >= 4 is 33.3 Å². The smallest absolute Gasteiger partial charge is 0.239 e. The molecule has 27 heavy (non-hydrogen) atoms. The molecule has 2 N–H and O–H groups in total. The van der Waals surface area contributed by atoms with Crippen molar-refractivity contribution in [3.05, 3.63) is 41.5 Å². The van der Waals surface area contributed by atoms with Crippen molar-refractivity contribution in [2.24, 2.45) is 5.92 Å². The Labute approximate surface area is 162 Å². The Morgan fingerprint density at radius 1 is 1.11 bits per heavy atom. The fourth-order valence-electron chi connectivity index (χ4n) is 3.25. The van der Waals surface area contributed by atoms with Crippen LogP contribution >= 0.6 is 11.3 Å². The lowest BCUT2D eigenvalue weighted by atomic mass is 10.1.